The Morgan fingerprint density at radius 1 is 0.750 bits per heavy atom. The maximum Gasteiger partial charge on any atom is 0.264 e. The van der Waals surface area contributed by atoms with Crippen molar-refractivity contribution >= 4 is 65.6 Å². The lowest BCUT2D eigenvalue weighted by molar-refractivity contribution is -0.117. The van der Waals surface area contributed by atoms with Gasteiger partial charge in [0.1, 0.15) is 18.8 Å². The van der Waals surface area contributed by atoms with Crippen LogP contribution in [0.5, 0.6) is 5.75 Å². The van der Waals surface area contributed by atoms with Crippen molar-refractivity contribution in [1.29, 1.82) is 0 Å². The molecule has 0 saturated carbocycles. The van der Waals surface area contributed by atoms with E-state index in [-0.39, 0.29) is 44.3 Å². The van der Waals surface area contributed by atoms with Gasteiger partial charge >= 0.3 is 0 Å². The molecule has 1 fully saturated rings. The normalized spacial score (nSPS) is 13.7. The van der Waals surface area contributed by atoms with E-state index >= 15 is 0 Å². The van der Waals surface area contributed by atoms with Crippen molar-refractivity contribution in [2.45, 2.75) is 22.6 Å². The highest BCUT2D eigenvalue weighted by molar-refractivity contribution is 7.93. The zero-order valence-electron chi connectivity index (χ0n) is 28.4. The summed E-state index contributed by atoms with van der Waals surface area (Å²) in [4.78, 5) is 39.0. The van der Waals surface area contributed by atoms with Crippen LogP contribution in [-0.4, -0.2) is 92.5 Å². The minimum atomic E-state index is -4.46. The maximum atomic E-state index is 14.1. The second-order valence-electron chi connectivity index (χ2n) is 11.9. The van der Waals surface area contributed by atoms with E-state index in [9.17, 15) is 31.2 Å². The molecule has 17 heteroatoms. The highest BCUT2D eigenvalue weighted by Gasteiger charge is 2.32. The Balaban J connectivity index is 1.45. The van der Waals surface area contributed by atoms with Gasteiger partial charge in [-0.2, -0.15) is 0 Å². The quantitative estimate of drug-likeness (QED) is 0.152. The van der Waals surface area contributed by atoms with E-state index in [1.807, 2.05) is 0 Å². The van der Waals surface area contributed by atoms with E-state index in [2.05, 4.69) is 10.2 Å². The highest BCUT2D eigenvalue weighted by Crippen LogP contribution is 2.38. The van der Waals surface area contributed by atoms with Crippen molar-refractivity contribution in [3.63, 3.8) is 0 Å². The van der Waals surface area contributed by atoms with E-state index in [0.29, 0.717) is 31.1 Å². The van der Waals surface area contributed by atoms with E-state index in [1.165, 1.54) is 67.8 Å². The number of fused-ring (bicyclic) bond motifs is 1. The number of ether oxygens (including phenoxy) is 2. The summed E-state index contributed by atoms with van der Waals surface area (Å²) in [6, 6.07) is 20.1. The number of hydrogen-bond acceptors (Lipinski definition) is 10. The third-order valence-electron chi connectivity index (χ3n) is 8.37. The fraction of sp³-hybridized carbons (Fsp3) is 0.286. The summed E-state index contributed by atoms with van der Waals surface area (Å²) in [6.07, 6.45) is 0.936. The van der Waals surface area contributed by atoms with Crippen molar-refractivity contribution in [3.05, 3.63) is 84.9 Å². The standard InChI is InChI=1S/C35H40N6O9S2/c1-49-26-10-14-28(15-11-26)52(47,48)41(24-34(37)43)32-17-16-31(29-5-2-3-6-30(29)32)40(23-33(36)42)51(45,46)27-12-8-25(9-13-27)38-35(44)7-4-18-39-19-21-50-22-20-39/h2-3,5-6,8-17H,4,7,18-24H2,1H3,(H2,36,42)(H2,37,43)(H,38,44). The van der Waals surface area contributed by atoms with Crippen LogP contribution in [0.1, 0.15) is 12.8 Å². The third-order valence-corrected chi connectivity index (χ3v) is 11.9. The minimum absolute atomic E-state index is 0.0247. The number of carbonyl (C=O) groups is 3. The second kappa shape index (κ2) is 16.4. The van der Waals surface area contributed by atoms with Gasteiger partial charge in [-0.05, 0) is 73.6 Å². The lowest BCUT2D eigenvalue weighted by Gasteiger charge is -2.28. The number of nitrogens with two attached hydrogens (primary N) is 2. The van der Waals surface area contributed by atoms with E-state index < -0.39 is 45.0 Å². The molecule has 5 rings (SSSR count). The predicted octanol–water partition coefficient (Wildman–Crippen LogP) is 2.26. The predicted molar refractivity (Wildman–Crippen MR) is 196 cm³/mol. The molecule has 52 heavy (non-hydrogen) atoms. The van der Waals surface area contributed by atoms with Crippen LogP contribution < -0.4 is 30.1 Å². The number of morpholine rings is 1. The molecule has 0 aliphatic carbocycles. The number of hydrogen-bond donors (Lipinski definition) is 3. The summed E-state index contributed by atoms with van der Waals surface area (Å²) in [5.74, 6) is -1.68. The van der Waals surface area contributed by atoms with Gasteiger partial charge in [-0.3, -0.25) is 27.9 Å². The van der Waals surface area contributed by atoms with Crippen molar-refractivity contribution < 1.29 is 40.7 Å². The fourth-order valence-electron chi connectivity index (χ4n) is 5.81. The number of sulfonamides is 2. The summed E-state index contributed by atoms with van der Waals surface area (Å²) in [6.45, 7) is 2.28. The van der Waals surface area contributed by atoms with Gasteiger partial charge in [-0.25, -0.2) is 16.8 Å². The third kappa shape index (κ3) is 8.79. The molecule has 1 saturated heterocycles. The number of amides is 3. The Hall–Kier alpha value is -5.23. The number of anilines is 3. The van der Waals surface area contributed by atoms with E-state index in [0.717, 1.165) is 28.2 Å². The Bertz CT molecular complexity index is 2140. The lowest BCUT2D eigenvalue weighted by atomic mass is 10.1. The maximum absolute atomic E-state index is 14.1. The number of methoxy groups -OCH3 is 1. The molecule has 1 aliphatic rings. The zero-order valence-corrected chi connectivity index (χ0v) is 30.1. The molecule has 1 heterocycles. The molecule has 0 unspecified atom stereocenters. The van der Waals surface area contributed by atoms with Crippen molar-refractivity contribution in [1.82, 2.24) is 4.90 Å². The van der Waals surface area contributed by atoms with Crippen LogP contribution in [0.4, 0.5) is 17.1 Å². The van der Waals surface area contributed by atoms with Gasteiger partial charge in [0.05, 0.1) is 41.5 Å². The first-order valence-corrected chi connectivity index (χ1v) is 19.2. The molecular formula is C35H40N6O9S2. The van der Waals surface area contributed by atoms with Crippen LogP contribution in [0.2, 0.25) is 0 Å². The molecule has 3 amide bonds. The monoisotopic (exact) mass is 752 g/mol. The van der Waals surface area contributed by atoms with Gasteiger partial charge in [0.2, 0.25) is 17.7 Å². The first kappa shape index (κ1) is 38.0. The van der Waals surface area contributed by atoms with Crippen LogP contribution in [0.3, 0.4) is 0 Å². The zero-order chi connectivity index (χ0) is 37.5. The van der Waals surface area contributed by atoms with E-state index in [1.54, 1.807) is 24.3 Å². The van der Waals surface area contributed by atoms with Crippen molar-refractivity contribution in [2.24, 2.45) is 11.5 Å². The minimum Gasteiger partial charge on any atom is -0.497 e. The molecule has 0 aromatic heterocycles. The number of rotatable bonds is 16. The first-order chi connectivity index (χ1) is 24.8. The number of benzene rings is 4. The van der Waals surface area contributed by atoms with Gasteiger partial charge in [-0.1, -0.05) is 24.3 Å². The molecule has 0 radical (unpaired) electrons. The summed E-state index contributed by atoms with van der Waals surface area (Å²) < 4.78 is 68.2. The van der Waals surface area contributed by atoms with Gasteiger partial charge in [-0.15, -0.1) is 0 Å². The number of nitrogens with zero attached hydrogens (tertiary/aromatic N) is 3. The number of primary amides is 2. The van der Waals surface area contributed by atoms with E-state index in [4.69, 9.17) is 20.9 Å². The molecule has 0 bridgehead atoms. The van der Waals surface area contributed by atoms with Gasteiger partial charge in [0.25, 0.3) is 20.0 Å². The summed E-state index contributed by atoms with van der Waals surface area (Å²) in [5.41, 5.74) is 11.5. The average Bonchev–Trinajstić information content (AvgIpc) is 3.13. The molecule has 0 atom stereocenters. The lowest BCUT2D eigenvalue weighted by Crippen LogP contribution is -2.39. The molecule has 5 N–H and O–H groups in total. The topological polar surface area (TPSA) is 212 Å². The van der Waals surface area contributed by atoms with Crippen molar-refractivity contribution in [2.75, 3.05) is 67.0 Å². The first-order valence-electron chi connectivity index (χ1n) is 16.3. The Labute approximate surface area is 302 Å². The molecular weight excluding hydrogens is 713 g/mol. The van der Waals surface area contributed by atoms with Crippen LogP contribution in [-0.2, 0) is 39.2 Å². The Morgan fingerprint density at radius 3 is 1.69 bits per heavy atom. The summed E-state index contributed by atoms with van der Waals surface area (Å²) >= 11 is 0. The van der Waals surface area contributed by atoms with Crippen molar-refractivity contribution in [3.8, 4) is 5.75 Å². The SMILES string of the molecule is COc1ccc(S(=O)(=O)N(CC(N)=O)c2ccc(N(CC(N)=O)S(=O)(=O)c3ccc(NC(=O)CCCN4CCOCC4)cc3)c3ccccc23)cc1. The molecule has 15 nitrogen and oxygen atoms in total. The Kier molecular flexibility index (Phi) is 12.0. The molecule has 4 aromatic carbocycles. The molecule has 1 aliphatic heterocycles. The smallest absolute Gasteiger partial charge is 0.264 e. The van der Waals surface area contributed by atoms with Crippen LogP contribution in [0.25, 0.3) is 10.8 Å². The van der Waals surface area contributed by atoms with Crippen LogP contribution in [0.15, 0.2) is 94.7 Å². The highest BCUT2D eigenvalue weighted by atomic mass is 32.2. The van der Waals surface area contributed by atoms with Crippen LogP contribution in [0, 0.1) is 0 Å². The number of nitrogens with one attached hydrogen (secondary N) is 1. The molecule has 0 spiro atoms. The molecule has 4 aromatic rings. The number of carbonyl (C=O) groups excluding carboxylic acids is 3. The summed E-state index contributed by atoms with van der Waals surface area (Å²) in [5, 5.41) is 3.26. The Morgan fingerprint density at radius 2 is 1.23 bits per heavy atom. The molecule has 276 valence electrons. The van der Waals surface area contributed by atoms with Crippen LogP contribution >= 0.6 is 0 Å². The van der Waals surface area contributed by atoms with Gasteiger partial charge < -0.3 is 26.3 Å². The fourth-order valence-corrected chi connectivity index (χ4v) is 8.71. The van der Waals surface area contributed by atoms with Gasteiger partial charge in [0.15, 0.2) is 0 Å². The van der Waals surface area contributed by atoms with Gasteiger partial charge in [0, 0.05) is 36.0 Å². The summed E-state index contributed by atoms with van der Waals surface area (Å²) in [7, 11) is -7.40. The second-order valence-corrected chi connectivity index (χ2v) is 15.6. The largest absolute Gasteiger partial charge is 0.497 e. The average molecular weight is 753 g/mol.